The van der Waals surface area contributed by atoms with Gasteiger partial charge in [-0.05, 0) is 18.6 Å². The van der Waals surface area contributed by atoms with E-state index in [9.17, 15) is 0 Å². The molecule has 1 aliphatic heterocycles. The lowest BCUT2D eigenvalue weighted by Crippen LogP contribution is -2.20. The zero-order valence-electron chi connectivity index (χ0n) is 8.33. The van der Waals surface area contributed by atoms with Gasteiger partial charge in [0.2, 0.25) is 5.90 Å². The number of nitrogens with one attached hydrogen (secondary N) is 1. The molecule has 78 valence electrons. The summed E-state index contributed by atoms with van der Waals surface area (Å²) >= 11 is 5.81. The molecule has 1 aromatic rings. The molecule has 0 spiro atoms. The van der Waals surface area contributed by atoms with E-state index in [0.717, 1.165) is 11.3 Å². The largest absolute Gasteiger partial charge is 0.439 e. The van der Waals surface area contributed by atoms with Gasteiger partial charge in [-0.2, -0.15) is 0 Å². The minimum Gasteiger partial charge on any atom is -0.439 e. The first-order chi connectivity index (χ1) is 7.25. The highest BCUT2D eigenvalue weighted by Gasteiger charge is 2.07. The van der Waals surface area contributed by atoms with Crippen molar-refractivity contribution in [2.24, 2.45) is 4.99 Å². The molecule has 0 fully saturated rings. The number of para-hydroxylation sites is 1. The van der Waals surface area contributed by atoms with E-state index >= 15 is 0 Å². The van der Waals surface area contributed by atoms with Crippen molar-refractivity contribution in [3.05, 3.63) is 41.1 Å². The van der Waals surface area contributed by atoms with Crippen molar-refractivity contribution in [2.45, 2.75) is 6.92 Å². The third-order valence-electron chi connectivity index (χ3n) is 2.04. The van der Waals surface area contributed by atoms with Crippen molar-refractivity contribution >= 4 is 17.5 Å². The second-order valence-electron chi connectivity index (χ2n) is 3.19. The molecule has 4 heteroatoms. The van der Waals surface area contributed by atoms with Crippen LogP contribution in [-0.2, 0) is 0 Å². The molecule has 0 atom stereocenters. The van der Waals surface area contributed by atoms with Crippen molar-refractivity contribution in [1.29, 1.82) is 0 Å². The van der Waals surface area contributed by atoms with Crippen molar-refractivity contribution in [2.75, 3.05) is 6.67 Å². The highest BCUT2D eigenvalue weighted by molar-refractivity contribution is 6.30. The van der Waals surface area contributed by atoms with Gasteiger partial charge < -0.3 is 10.1 Å². The summed E-state index contributed by atoms with van der Waals surface area (Å²) in [6.07, 6.45) is 1.66. The van der Waals surface area contributed by atoms with E-state index in [2.05, 4.69) is 10.3 Å². The average molecular weight is 223 g/mol. The molecule has 0 aliphatic carbocycles. The summed E-state index contributed by atoms with van der Waals surface area (Å²) in [6.45, 7) is 2.44. The fraction of sp³-hybridized carbons (Fsp3) is 0.182. The molecule has 0 amide bonds. The van der Waals surface area contributed by atoms with Crippen LogP contribution >= 0.6 is 11.6 Å². The smallest absolute Gasteiger partial charge is 0.219 e. The molecule has 2 rings (SSSR count). The number of aryl methyl sites for hydroxylation is 1. The van der Waals surface area contributed by atoms with Gasteiger partial charge in [-0.1, -0.05) is 29.8 Å². The lowest BCUT2D eigenvalue weighted by atomic mass is 10.2. The van der Waals surface area contributed by atoms with Crippen molar-refractivity contribution < 1.29 is 4.74 Å². The lowest BCUT2D eigenvalue weighted by Gasteiger charge is -2.12. The predicted molar refractivity (Wildman–Crippen MR) is 61.2 cm³/mol. The number of nitrogens with zero attached hydrogens (tertiary/aromatic N) is 1. The quantitative estimate of drug-likeness (QED) is 0.741. The van der Waals surface area contributed by atoms with Crippen molar-refractivity contribution in [3.63, 3.8) is 0 Å². The number of rotatable bonds is 1. The summed E-state index contributed by atoms with van der Waals surface area (Å²) in [5.41, 5.74) is 1.07. The summed E-state index contributed by atoms with van der Waals surface area (Å²) in [5, 5.41) is 3.42. The molecule has 0 radical (unpaired) electrons. The van der Waals surface area contributed by atoms with Crippen LogP contribution in [-0.4, -0.2) is 12.6 Å². The zero-order valence-corrected chi connectivity index (χ0v) is 9.08. The van der Waals surface area contributed by atoms with E-state index in [4.69, 9.17) is 16.3 Å². The molecule has 3 nitrogen and oxygen atoms in total. The van der Waals surface area contributed by atoms with Crippen LogP contribution in [0.3, 0.4) is 0 Å². The Morgan fingerprint density at radius 2 is 2.20 bits per heavy atom. The molecule has 1 N–H and O–H groups in total. The standard InChI is InChI=1S/C11H11ClN2O/c1-8-4-2-3-5-9(8)15-11-6-10(12)13-7-14-11/h2-6,13H,7H2,1H3. The maximum atomic E-state index is 5.81. The minimum absolute atomic E-state index is 0.455. The molecule has 0 saturated carbocycles. The van der Waals surface area contributed by atoms with Crippen LogP contribution in [0.5, 0.6) is 5.75 Å². The molecule has 1 aliphatic rings. The molecule has 0 aromatic heterocycles. The van der Waals surface area contributed by atoms with Gasteiger partial charge in [0.1, 0.15) is 17.6 Å². The van der Waals surface area contributed by atoms with Crippen LogP contribution in [0.25, 0.3) is 0 Å². The van der Waals surface area contributed by atoms with Gasteiger partial charge in [0.15, 0.2) is 0 Å². The van der Waals surface area contributed by atoms with Gasteiger partial charge in [0, 0.05) is 6.08 Å². The number of halogens is 1. The maximum Gasteiger partial charge on any atom is 0.219 e. The van der Waals surface area contributed by atoms with E-state index in [1.54, 1.807) is 6.08 Å². The summed E-state index contributed by atoms with van der Waals surface area (Å²) in [4.78, 5) is 4.14. The molecule has 0 unspecified atom stereocenters. The Labute approximate surface area is 93.4 Å². The van der Waals surface area contributed by atoms with Crippen LogP contribution in [0.2, 0.25) is 0 Å². The SMILES string of the molecule is Cc1ccccc1OC1=NCNC(Cl)=C1. The third-order valence-corrected chi connectivity index (χ3v) is 2.28. The van der Waals surface area contributed by atoms with Crippen molar-refractivity contribution in [1.82, 2.24) is 5.32 Å². The van der Waals surface area contributed by atoms with Crippen LogP contribution in [0.15, 0.2) is 40.5 Å². The van der Waals surface area contributed by atoms with Gasteiger partial charge in [0.05, 0.1) is 0 Å². The number of benzene rings is 1. The highest BCUT2D eigenvalue weighted by Crippen LogP contribution is 2.17. The Balaban J connectivity index is 2.16. The average Bonchev–Trinajstić information content (AvgIpc) is 2.22. The number of aliphatic imine (C=N–C) groups is 1. The van der Waals surface area contributed by atoms with Gasteiger partial charge >= 0.3 is 0 Å². The molecular weight excluding hydrogens is 212 g/mol. The fourth-order valence-corrected chi connectivity index (χ4v) is 1.40. The summed E-state index contributed by atoms with van der Waals surface area (Å²) in [5.74, 6) is 1.34. The molecular formula is C11H11ClN2O. The van der Waals surface area contributed by atoms with Crippen LogP contribution in [0, 0.1) is 6.92 Å². The van der Waals surface area contributed by atoms with Gasteiger partial charge in [-0.3, -0.25) is 0 Å². The fourth-order valence-electron chi connectivity index (χ4n) is 1.24. The molecule has 0 saturated heterocycles. The Morgan fingerprint density at radius 1 is 1.40 bits per heavy atom. The highest BCUT2D eigenvalue weighted by atomic mass is 35.5. The number of ether oxygens (including phenoxy) is 1. The first-order valence-electron chi connectivity index (χ1n) is 4.65. The van der Waals surface area contributed by atoms with E-state index in [-0.39, 0.29) is 0 Å². The first-order valence-corrected chi connectivity index (χ1v) is 5.02. The first kappa shape index (κ1) is 10.1. The van der Waals surface area contributed by atoms with E-state index in [1.165, 1.54) is 0 Å². The number of hydrogen-bond acceptors (Lipinski definition) is 3. The second-order valence-corrected chi connectivity index (χ2v) is 3.60. The molecule has 15 heavy (non-hydrogen) atoms. The Morgan fingerprint density at radius 3 is 2.93 bits per heavy atom. The molecule has 1 aromatic carbocycles. The van der Waals surface area contributed by atoms with Crippen LogP contribution < -0.4 is 10.1 Å². The topological polar surface area (TPSA) is 33.6 Å². The summed E-state index contributed by atoms with van der Waals surface area (Å²) in [6, 6.07) is 7.79. The second kappa shape index (κ2) is 4.36. The normalized spacial score (nSPS) is 15.1. The van der Waals surface area contributed by atoms with E-state index in [0.29, 0.717) is 17.7 Å². The van der Waals surface area contributed by atoms with Gasteiger partial charge in [-0.15, -0.1) is 0 Å². The van der Waals surface area contributed by atoms with Gasteiger partial charge in [0.25, 0.3) is 0 Å². The maximum absolute atomic E-state index is 5.81. The Bertz CT molecular complexity index is 426. The monoisotopic (exact) mass is 222 g/mol. The Kier molecular flexibility index (Phi) is 2.92. The van der Waals surface area contributed by atoms with E-state index < -0.39 is 0 Å². The van der Waals surface area contributed by atoms with Gasteiger partial charge in [-0.25, -0.2) is 4.99 Å². The summed E-state index contributed by atoms with van der Waals surface area (Å²) in [7, 11) is 0. The zero-order chi connectivity index (χ0) is 10.7. The predicted octanol–water partition coefficient (Wildman–Crippen LogP) is 2.41. The molecule has 0 bridgehead atoms. The Hall–Kier alpha value is -1.48. The lowest BCUT2D eigenvalue weighted by molar-refractivity contribution is 0.541. The molecule has 1 heterocycles. The van der Waals surface area contributed by atoms with Crippen LogP contribution in [0.4, 0.5) is 0 Å². The van der Waals surface area contributed by atoms with E-state index in [1.807, 2.05) is 31.2 Å². The number of hydrogen-bond donors (Lipinski definition) is 1. The van der Waals surface area contributed by atoms with Crippen molar-refractivity contribution in [3.8, 4) is 5.75 Å². The summed E-state index contributed by atoms with van der Waals surface area (Å²) < 4.78 is 5.61. The van der Waals surface area contributed by atoms with Crippen LogP contribution in [0.1, 0.15) is 5.56 Å². The third kappa shape index (κ3) is 2.50. The minimum atomic E-state index is 0.455.